The van der Waals surface area contributed by atoms with E-state index in [0.29, 0.717) is 17.7 Å². The Labute approximate surface area is 127 Å². The number of nitrogens with zero attached hydrogens (tertiary/aromatic N) is 1. The van der Waals surface area contributed by atoms with Crippen molar-refractivity contribution in [1.29, 1.82) is 0 Å². The molecule has 0 saturated heterocycles. The Morgan fingerprint density at radius 1 is 1.33 bits per heavy atom. The van der Waals surface area contributed by atoms with E-state index < -0.39 is 10.0 Å². The summed E-state index contributed by atoms with van der Waals surface area (Å²) in [6, 6.07) is 4.97. The summed E-state index contributed by atoms with van der Waals surface area (Å²) in [4.78, 5) is 4.62. The third kappa shape index (κ3) is 2.51. The van der Waals surface area contributed by atoms with Gasteiger partial charge in [-0.1, -0.05) is 0 Å². The summed E-state index contributed by atoms with van der Waals surface area (Å²) in [6.45, 7) is 0.615. The van der Waals surface area contributed by atoms with Gasteiger partial charge in [-0.25, -0.2) is 13.4 Å². The van der Waals surface area contributed by atoms with Crippen molar-refractivity contribution in [2.45, 2.75) is 30.1 Å². The lowest BCUT2D eigenvalue weighted by molar-refractivity contribution is 0.356. The van der Waals surface area contributed by atoms with Crippen LogP contribution in [0.15, 0.2) is 28.5 Å². The molecule has 110 valence electrons. The van der Waals surface area contributed by atoms with E-state index in [4.69, 9.17) is 4.74 Å². The van der Waals surface area contributed by atoms with Crippen LogP contribution in [0.2, 0.25) is 0 Å². The molecule has 1 aliphatic heterocycles. The van der Waals surface area contributed by atoms with Crippen molar-refractivity contribution in [2.75, 3.05) is 11.3 Å². The van der Waals surface area contributed by atoms with Gasteiger partial charge in [0.2, 0.25) is 0 Å². The first-order chi connectivity index (χ1) is 10.1. The van der Waals surface area contributed by atoms with Crippen LogP contribution >= 0.6 is 11.3 Å². The molecular formula is C14H14N2O3S2. The predicted molar refractivity (Wildman–Crippen MR) is 80.5 cm³/mol. The fourth-order valence-corrected chi connectivity index (χ4v) is 4.50. The van der Waals surface area contributed by atoms with Crippen LogP contribution < -0.4 is 9.46 Å². The maximum absolute atomic E-state index is 12.4. The molecule has 5 nitrogen and oxygen atoms in total. The lowest BCUT2D eigenvalue weighted by Gasteiger charge is -2.06. The smallest absolute Gasteiger partial charge is 0.263 e. The molecule has 1 N–H and O–H groups in total. The molecule has 0 bridgehead atoms. The monoisotopic (exact) mass is 322 g/mol. The first-order valence-electron chi connectivity index (χ1n) is 6.86. The normalized spacial score (nSPS) is 17.3. The highest BCUT2D eigenvalue weighted by Crippen LogP contribution is 2.41. The van der Waals surface area contributed by atoms with Gasteiger partial charge in [-0.2, -0.15) is 0 Å². The minimum absolute atomic E-state index is 0.259. The quantitative estimate of drug-likeness (QED) is 0.940. The van der Waals surface area contributed by atoms with Gasteiger partial charge < -0.3 is 4.74 Å². The standard InChI is InChI=1S/C14H14N2O3S2/c17-21(18,11-3-4-13-10(7-11)5-6-19-13)16-14-15-12(8-20-14)9-1-2-9/h3-4,7-9H,1-2,5-6H2,(H,15,16). The molecule has 7 heteroatoms. The molecule has 1 aromatic heterocycles. The zero-order chi connectivity index (χ0) is 14.4. The van der Waals surface area contributed by atoms with Crippen LogP contribution in [0.3, 0.4) is 0 Å². The lowest BCUT2D eigenvalue weighted by Crippen LogP contribution is -2.13. The van der Waals surface area contributed by atoms with Crippen LogP contribution in [0.4, 0.5) is 5.13 Å². The average Bonchev–Trinajstić information content (AvgIpc) is 3.02. The van der Waals surface area contributed by atoms with Crippen LogP contribution in [-0.2, 0) is 16.4 Å². The van der Waals surface area contributed by atoms with Crippen molar-refractivity contribution in [1.82, 2.24) is 4.98 Å². The SMILES string of the molecule is O=S(=O)(Nc1nc(C2CC2)cs1)c1ccc2c(c1)CCO2. The fourth-order valence-electron chi connectivity index (χ4n) is 2.40. The van der Waals surface area contributed by atoms with Gasteiger partial charge in [0.1, 0.15) is 5.75 Å². The molecule has 1 fully saturated rings. The second kappa shape index (κ2) is 4.71. The Kier molecular flexibility index (Phi) is 2.93. The first-order valence-corrected chi connectivity index (χ1v) is 9.22. The van der Waals surface area contributed by atoms with Gasteiger partial charge in [0, 0.05) is 17.7 Å². The Morgan fingerprint density at radius 3 is 3.00 bits per heavy atom. The number of rotatable bonds is 4. The number of thiazole rings is 1. The van der Waals surface area contributed by atoms with Crippen LogP contribution in [0, 0.1) is 0 Å². The number of hydrogen-bond donors (Lipinski definition) is 1. The van der Waals surface area contributed by atoms with Crippen LogP contribution in [0.5, 0.6) is 5.75 Å². The number of aromatic nitrogens is 1. The summed E-state index contributed by atoms with van der Waals surface area (Å²) >= 11 is 1.34. The van der Waals surface area contributed by atoms with Crippen LogP contribution in [0.25, 0.3) is 0 Å². The average molecular weight is 322 g/mol. The Balaban J connectivity index is 1.60. The minimum Gasteiger partial charge on any atom is -0.493 e. The molecular weight excluding hydrogens is 308 g/mol. The Morgan fingerprint density at radius 2 is 2.19 bits per heavy atom. The van der Waals surface area contributed by atoms with Crippen molar-refractivity contribution in [3.05, 3.63) is 34.8 Å². The van der Waals surface area contributed by atoms with Crippen molar-refractivity contribution in [3.8, 4) is 5.75 Å². The molecule has 2 aromatic rings. The fraction of sp³-hybridized carbons (Fsp3) is 0.357. The van der Waals surface area contributed by atoms with Gasteiger partial charge in [0.25, 0.3) is 10.0 Å². The number of benzene rings is 1. The molecule has 2 aliphatic rings. The Hall–Kier alpha value is -1.60. The van der Waals surface area contributed by atoms with E-state index in [1.54, 1.807) is 18.2 Å². The highest BCUT2D eigenvalue weighted by atomic mass is 32.2. The molecule has 4 rings (SSSR count). The molecule has 0 spiro atoms. The summed E-state index contributed by atoms with van der Waals surface area (Å²) < 4.78 is 32.8. The third-order valence-electron chi connectivity index (χ3n) is 3.71. The van der Waals surface area contributed by atoms with Crippen molar-refractivity contribution >= 4 is 26.5 Å². The summed E-state index contributed by atoms with van der Waals surface area (Å²) in [5, 5.41) is 2.38. The largest absolute Gasteiger partial charge is 0.493 e. The van der Waals surface area contributed by atoms with Gasteiger partial charge in [-0.15, -0.1) is 11.3 Å². The van der Waals surface area contributed by atoms with E-state index in [9.17, 15) is 8.42 Å². The third-order valence-corrected chi connectivity index (χ3v) is 5.95. The van der Waals surface area contributed by atoms with E-state index in [1.807, 2.05) is 5.38 Å². The highest BCUT2D eigenvalue weighted by molar-refractivity contribution is 7.93. The predicted octanol–water partition coefficient (Wildman–Crippen LogP) is 2.76. The molecule has 2 heterocycles. The zero-order valence-electron chi connectivity index (χ0n) is 11.2. The topological polar surface area (TPSA) is 68.3 Å². The number of sulfonamides is 1. The minimum atomic E-state index is -3.58. The van der Waals surface area contributed by atoms with Gasteiger partial charge >= 0.3 is 0 Å². The highest BCUT2D eigenvalue weighted by Gasteiger charge is 2.27. The van der Waals surface area contributed by atoms with Gasteiger partial charge in [-0.3, -0.25) is 4.72 Å². The molecule has 1 saturated carbocycles. The summed E-state index contributed by atoms with van der Waals surface area (Å²) in [6.07, 6.45) is 3.06. The van der Waals surface area contributed by atoms with Crippen molar-refractivity contribution in [2.24, 2.45) is 0 Å². The van der Waals surface area contributed by atoms with E-state index >= 15 is 0 Å². The second-order valence-corrected chi connectivity index (χ2v) is 7.87. The summed E-state index contributed by atoms with van der Waals surface area (Å²) in [5.74, 6) is 1.30. The molecule has 0 unspecified atom stereocenters. The van der Waals surface area contributed by atoms with E-state index in [2.05, 4.69) is 9.71 Å². The molecule has 0 amide bonds. The molecule has 1 aromatic carbocycles. The number of hydrogen-bond acceptors (Lipinski definition) is 5. The van der Waals surface area contributed by atoms with Crippen LogP contribution in [0.1, 0.15) is 30.0 Å². The maximum Gasteiger partial charge on any atom is 0.263 e. The number of anilines is 1. The molecule has 1 aliphatic carbocycles. The van der Waals surface area contributed by atoms with E-state index in [0.717, 1.165) is 36.3 Å². The van der Waals surface area contributed by atoms with Gasteiger partial charge in [0.15, 0.2) is 5.13 Å². The lowest BCUT2D eigenvalue weighted by atomic mass is 10.2. The zero-order valence-corrected chi connectivity index (χ0v) is 12.8. The van der Waals surface area contributed by atoms with Gasteiger partial charge in [-0.05, 0) is 36.6 Å². The first kappa shape index (κ1) is 13.1. The van der Waals surface area contributed by atoms with E-state index in [1.165, 1.54) is 11.3 Å². The van der Waals surface area contributed by atoms with Crippen molar-refractivity contribution in [3.63, 3.8) is 0 Å². The Bertz CT molecular complexity index is 794. The number of fused-ring (bicyclic) bond motifs is 1. The van der Waals surface area contributed by atoms with Gasteiger partial charge in [0.05, 0.1) is 17.2 Å². The molecule has 0 atom stereocenters. The summed E-state index contributed by atoms with van der Waals surface area (Å²) in [5.41, 5.74) is 1.94. The summed E-state index contributed by atoms with van der Waals surface area (Å²) in [7, 11) is -3.58. The molecule has 21 heavy (non-hydrogen) atoms. The van der Waals surface area contributed by atoms with Crippen molar-refractivity contribution < 1.29 is 13.2 Å². The second-order valence-electron chi connectivity index (χ2n) is 5.33. The number of ether oxygens (including phenoxy) is 1. The maximum atomic E-state index is 12.4. The van der Waals surface area contributed by atoms with Crippen LogP contribution in [-0.4, -0.2) is 20.0 Å². The number of nitrogens with one attached hydrogen (secondary N) is 1. The van der Waals surface area contributed by atoms with E-state index in [-0.39, 0.29) is 4.90 Å². The molecule has 0 radical (unpaired) electrons.